The molecule has 0 aliphatic carbocycles. The highest BCUT2D eigenvalue weighted by molar-refractivity contribution is 5.21. The van der Waals surface area contributed by atoms with Crippen LogP contribution in [0.5, 0.6) is 0 Å². The van der Waals surface area contributed by atoms with Gasteiger partial charge >= 0.3 is 0 Å². The van der Waals surface area contributed by atoms with E-state index in [4.69, 9.17) is 10.2 Å². The zero-order chi connectivity index (χ0) is 13.8. The molecule has 0 aliphatic rings. The Bertz CT molecular complexity index is 516. The van der Waals surface area contributed by atoms with Gasteiger partial charge in [-0.1, -0.05) is 43.7 Å². The average molecular weight is 259 g/mol. The maximum Gasteiger partial charge on any atom is 0.233 e. The van der Waals surface area contributed by atoms with Crippen molar-refractivity contribution in [3.05, 3.63) is 47.2 Å². The van der Waals surface area contributed by atoms with Crippen LogP contribution in [0.4, 0.5) is 0 Å². The Morgan fingerprint density at radius 2 is 1.79 bits per heavy atom. The Hall–Kier alpha value is -1.68. The molecule has 4 nitrogen and oxygen atoms in total. The Morgan fingerprint density at radius 1 is 1.11 bits per heavy atom. The fourth-order valence-corrected chi connectivity index (χ4v) is 1.79. The van der Waals surface area contributed by atoms with Gasteiger partial charge in [0, 0.05) is 6.42 Å². The molecule has 102 valence electrons. The maximum atomic E-state index is 5.98. The SMILES string of the molecule is Cc1ccc(CCc2nnc(C(N)C(C)C)o2)cc1. The smallest absolute Gasteiger partial charge is 0.233 e. The van der Waals surface area contributed by atoms with Gasteiger partial charge < -0.3 is 10.2 Å². The van der Waals surface area contributed by atoms with Crippen molar-refractivity contribution < 1.29 is 4.42 Å². The van der Waals surface area contributed by atoms with E-state index in [2.05, 4.69) is 41.4 Å². The Balaban J connectivity index is 1.95. The van der Waals surface area contributed by atoms with E-state index >= 15 is 0 Å². The molecule has 1 aromatic heterocycles. The second kappa shape index (κ2) is 5.97. The first-order valence-electron chi connectivity index (χ1n) is 6.69. The minimum atomic E-state index is -0.180. The number of hydrogen-bond donors (Lipinski definition) is 1. The van der Waals surface area contributed by atoms with Crippen LogP contribution in [0.1, 0.15) is 42.8 Å². The molecule has 0 spiro atoms. The van der Waals surface area contributed by atoms with E-state index in [1.54, 1.807) is 0 Å². The third-order valence-corrected chi connectivity index (χ3v) is 3.23. The summed E-state index contributed by atoms with van der Waals surface area (Å²) in [6.45, 7) is 6.17. The van der Waals surface area contributed by atoms with Gasteiger partial charge in [-0.15, -0.1) is 10.2 Å². The van der Waals surface area contributed by atoms with Crippen molar-refractivity contribution >= 4 is 0 Å². The summed E-state index contributed by atoms with van der Waals surface area (Å²) in [5, 5.41) is 8.08. The first-order valence-corrected chi connectivity index (χ1v) is 6.69. The van der Waals surface area contributed by atoms with Crippen molar-refractivity contribution in [2.45, 2.75) is 39.7 Å². The summed E-state index contributed by atoms with van der Waals surface area (Å²) >= 11 is 0. The number of rotatable bonds is 5. The van der Waals surface area contributed by atoms with Crippen LogP contribution in [0.3, 0.4) is 0 Å². The minimum Gasteiger partial charge on any atom is -0.424 e. The van der Waals surface area contributed by atoms with E-state index in [0.29, 0.717) is 17.7 Å². The molecule has 19 heavy (non-hydrogen) atoms. The second-order valence-corrected chi connectivity index (χ2v) is 5.29. The lowest BCUT2D eigenvalue weighted by Crippen LogP contribution is -2.16. The topological polar surface area (TPSA) is 64.9 Å². The molecule has 1 heterocycles. The number of nitrogens with zero attached hydrogens (tertiary/aromatic N) is 2. The van der Waals surface area contributed by atoms with Gasteiger partial charge in [-0.2, -0.15) is 0 Å². The molecule has 2 aromatic rings. The summed E-state index contributed by atoms with van der Waals surface area (Å²) < 4.78 is 5.60. The van der Waals surface area contributed by atoms with Crippen molar-refractivity contribution in [1.82, 2.24) is 10.2 Å². The number of aromatic nitrogens is 2. The Labute approximate surface area is 114 Å². The highest BCUT2D eigenvalue weighted by Gasteiger charge is 2.17. The van der Waals surface area contributed by atoms with Gasteiger partial charge in [0.05, 0.1) is 6.04 Å². The molecule has 2 N–H and O–H groups in total. The molecule has 1 aromatic carbocycles. The lowest BCUT2D eigenvalue weighted by molar-refractivity contribution is 0.370. The normalized spacial score (nSPS) is 12.9. The van der Waals surface area contributed by atoms with Crippen LogP contribution in [0.25, 0.3) is 0 Å². The summed E-state index contributed by atoms with van der Waals surface area (Å²) in [5.74, 6) is 1.49. The fourth-order valence-electron chi connectivity index (χ4n) is 1.79. The third-order valence-electron chi connectivity index (χ3n) is 3.23. The van der Waals surface area contributed by atoms with Crippen molar-refractivity contribution in [2.24, 2.45) is 11.7 Å². The highest BCUT2D eigenvalue weighted by Crippen LogP contribution is 2.17. The molecule has 1 unspecified atom stereocenters. The van der Waals surface area contributed by atoms with Crippen LogP contribution >= 0.6 is 0 Å². The van der Waals surface area contributed by atoms with Gasteiger partial charge in [-0.3, -0.25) is 0 Å². The first-order chi connectivity index (χ1) is 9.06. The zero-order valence-electron chi connectivity index (χ0n) is 11.8. The summed E-state index contributed by atoms with van der Waals surface area (Å²) in [6, 6.07) is 8.31. The molecule has 0 fully saturated rings. The minimum absolute atomic E-state index is 0.180. The quantitative estimate of drug-likeness (QED) is 0.896. The van der Waals surface area contributed by atoms with Crippen LogP contribution in [0.2, 0.25) is 0 Å². The van der Waals surface area contributed by atoms with Crippen LogP contribution in [0, 0.1) is 12.8 Å². The predicted molar refractivity (Wildman–Crippen MR) is 74.7 cm³/mol. The van der Waals surface area contributed by atoms with Crippen molar-refractivity contribution in [1.29, 1.82) is 0 Å². The molecular formula is C15H21N3O. The van der Waals surface area contributed by atoms with Crippen molar-refractivity contribution in [2.75, 3.05) is 0 Å². The van der Waals surface area contributed by atoms with Crippen LogP contribution in [-0.2, 0) is 12.8 Å². The molecule has 2 rings (SSSR count). The monoisotopic (exact) mass is 259 g/mol. The standard InChI is InChI=1S/C15H21N3O/c1-10(2)14(16)15-18-17-13(19-15)9-8-12-6-4-11(3)5-7-12/h4-7,10,14H,8-9,16H2,1-3H3. The van der Waals surface area contributed by atoms with Crippen LogP contribution < -0.4 is 5.73 Å². The summed E-state index contributed by atoms with van der Waals surface area (Å²) in [6.07, 6.45) is 1.65. The van der Waals surface area contributed by atoms with E-state index in [1.807, 2.05) is 13.8 Å². The van der Waals surface area contributed by atoms with Crippen molar-refractivity contribution in [3.8, 4) is 0 Å². The number of nitrogens with two attached hydrogens (primary N) is 1. The van der Waals surface area contributed by atoms with E-state index in [9.17, 15) is 0 Å². The predicted octanol–water partition coefficient (Wildman–Crippen LogP) is 2.82. The lowest BCUT2D eigenvalue weighted by Gasteiger charge is -2.09. The molecule has 0 bridgehead atoms. The Kier molecular flexibility index (Phi) is 4.32. The molecular weight excluding hydrogens is 238 g/mol. The van der Waals surface area contributed by atoms with Crippen LogP contribution in [-0.4, -0.2) is 10.2 Å². The van der Waals surface area contributed by atoms with E-state index in [1.165, 1.54) is 11.1 Å². The molecule has 0 saturated heterocycles. The van der Waals surface area contributed by atoms with Gasteiger partial charge in [0.2, 0.25) is 11.8 Å². The molecule has 0 radical (unpaired) electrons. The number of aryl methyl sites for hydroxylation is 3. The third kappa shape index (κ3) is 3.64. The van der Waals surface area contributed by atoms with Gasteiger partial charge in [-0.25, -0.2) is 0 Å². The highest BCUT2D eigenvalue weighted by atomic mass is 16.4. The lowest BCUT2D eigenvalue weighted by atomic mass is 10.1. The summed E-state index contributed by atoms with van der Waals surface area (Å²) in [4.78, 5) is 0. The van der Waals surface area contributed by atoms with Crippen molar-refractivity contribution in [3.63, 3.8) is 0 Å². The first kappa shape index (κ1) is 13.7. The van der Waals surface area contributed by atoms with E-state index < -0.39 is 0 Å². The number of hydrogen-bond acceptors (Lipinski definition) is 4. The second-order valence-electron chi connectivity index (χ2n) is 5.29. The molecule has 0 saturated carbocycles. The summed E-state index contributed by atoms with van der Waals surface area (Å²) in [7, 11) is 0. The molecule has 0 amide bonds. The van der Waals surface area contributed by atoms with Crippen LogP contribution in [0.15, 0.2) is 28.7 Å². The van der Waals surface area contributed by atoms with Gasteiger partial charge in [0.1, 0.15) is 0 Å². The zero-order valence-corrected chi connectivity index (χ0v) is 11.8. The van der Waals surface area contributed by atoms with E-state index in [0.717, 1.165) is 12.8 Å². The molecule has 1 atom stereocenters. The summed E-state index contributed by atoms with van der Waals surface area (Å²) in [5.41, 5.74) is 8.53. The van der Waals surface area contributed by atoms with Gasteiger partial charge in [0.25, 0.3) is 0 Å². The largest absolute Gasteiger partial charge is 0.424 e. The fraction of sp³-hybridized carbons (Fsp3) is 0.467. The average Bonchev–Trinajstić information content (AvgIpc) is 2.86. The Morgan fingerprint density at radius 3 is 2.42 bits per heavy atom. The molecule has 0 aliphatic heterocycles. The molecule has 4 heteroatoms. The van der Waals surface area contributed by atoms with Gasteiger partial charge in [-0.05, 0) is 24.8 Å². The van der Waals surface area contributed by atoms with E-state index in [-0.39, 0.29) is 6.04 Å². The van der Waals surface area contributed by atoms with Gasteiger partial charge in [0.15, 0.2) is 0 Å². The number of benzene rings is 1. The maximum absolute atomic E-state index is 5.98.